The predicted octanol–water partition coefficient (Wildman–Crippen LogP) is 5.67. The molecule has 0 spiro atoms. The number of halogens is 1. The molecule has 4 aromatic heterocycles. The third-order valence-corrected chi connectivity index (χ3v) is 7.70. The number of carbonyl (C=O) groups excluding carboxylic acids is 1. The number of hydrogen-bond acceptors (Lipinski definition) is 6. The molecule has 6 rings (SSSR count). The summed E-state index contributed by atoms with van der Waals surface area (Å²) in [5, 5.41) is 3.29. The van der Waals surface area contributed by atoms with E-state index < -0.39 is 5.82 Å². The number of amides is 1. The number of anilines is 3. The van der Waals surface area contributed by atoms with Crippen molar-refractivity contribution in [3.8, 4) is 0 Å². The van der Waals surface area contributed by atoms with Gasteiger partial charge in [0.25, 0.3) is 5.91 Å². The van der Waals surface area contributed by atoms with Crippen LogP contribution in [0.4, 0.5) is 21.5 Å². The molecule has 3 atom stereocenters. The van der Waals surface area contributed by atoms with Crippen LogP contribution in [0.5, 0.6) is 0 Å². The van der Waals surface area contributed by atoms with Crippen LogP contribution in [0, 0.1) is 11.7 Å². The SMILES string of the molecule is C[C@@H]1C[C@H](N)C[C@H](c2ccncc2NC(=O)c2ccc(F)c3cc(N(C)c4ccc5nccn5c4)cnc23)C1. The maximum atomic E-state index is 15.0. The summed E-state index contributed by atoms with van der Waals surface area (Å²) in [5.74, 6) is -0.0529. The smallest absolute Gasteiger partial charge is 0.257 e. The number of rotatable bonds is 5. The van der Waals surface area contributed by atoms with E-state index in [2.05, 4.69) is 27.2 Å². The van der Waals surface area contributed by atoms with Crippen LogP contribution in [0.15, 0.2) is 73.6 Å². The van der Waals surface area contributed by atoms with Crippen LogP contribution in [0.3, 0.4) is 0 Å². The summed E-state index contributed by atoms with van der Waals surface area (Å²) in [6.07, 6.45) is 13.5. The van der Waals surface area contributed by atoms with Crippen molar-refractivity contribution in [2.75, 3.05) is 17.3 Å². The molecule has 1 amide bonds. The van der Waals surface area contributed by atoms with Gasteiger partial charge in [-0.15, -0.1) is 0 Å². The molecule has 8 nitrogen and oxygen atoms in total. The van der Waals surface area contributed by atoms with Crippen LogP contribution in [0.1, 0.15) is 48.0 Å². The third kappa shape index (κ3) is 4.81. The van der Waals surface area contributed by atoms with Crippen molar-refractivity contribution in [3.05, 3.63) is 90.5 Å². The first-order valence-corrected chi connectivity index (χ1v) is 13.1. The third-order valence-electron chi connectivity index (χ3n) is 7.70. The van der Waals surface area contributed by atoms with Gasteiger partial charge in [0.05, 0.1) is 40.5 Å². The molecule has 198 valence electrons. The Balaban J connectivity index is 1.30. The number of nitrogens with two attached hydrogens (primary N) is 1. The Morgan fingerprint density at radius 2 is 1.95 bits per heavy atom. The van der Waals surface area contributed by atoms with Crippen molar-refractivity contribution >= 4 is 39.5 Å². The highest BCUT2D eigenvalue weighted by Crippen LogP contribution is 2.38. The number of pyridine rings is 3. The molecule has 1 aliphatic rings. The molecule has 1 saturated carbocycles. The van der Waals surface area contributed by atoms with Gasteiger partial charge in [-0.3, -0.25) is 14.8 Å². The quantitative estimate of drug-likeness (QED) is 0.308. The Bertz CT molecular complexity index is 1670. The summed E-state index contributed by atoms with van der Waals surface area (Å²) in [4.78, 5) is 28.5. The predicted molar refractivity (Wildman–Crippen MR) is 151 cm³/mol. The Hall–Kier alpha value is -4.37. The molecule has 1 aliphatic carbocycles. The van der Waals surface area contributed by atoms with E-state index >= 15 is 4.39 Å². The van der Waals surface area contributed by atoms with Gasteiger partial charge in [0, 0.05) is 43.3 Å². The number of benzene rings is 1. The van der Waals surface area contributed by atoms with E-state index in [0.29, 0.717) is 28.4 Å². The van der Waals surface area contributed by atoms with Gasteiger partial charge in [0.1, 0.15) is 11.5 Å². The van der Waals surface area contributed by atoms with E-state index in [4.69, 9.17) is 5.73 Å². The van der Waals surface area contributed by atoms with Gasteiger partial charge < -0.3 is 20.4 Å². The molecular formula is C30H30FN7O. The first kappa shape index (κ1) is 24.9. The molecule has 0 radical (unpaired) electrons. The zero-order valence-corrected chi connectivity index (χ0v) is 21.9. The van der Waals surface area contributed by atoms with Gasteiger partial charge in [-0.2, -0.15) is 0 Å². The fourth-order valence-electron chi connectivity index (χ4n) is 5.76. The number of aromatic nitrogens is 4. The van der Waals surface area contributed by atoms with E-state index in [0.717, 1.165) is 36.2 Å². The van der Waals surface area contributed by atoms with E-state index in [9.17, 15) is 4.79 Å². The van der Waals surface area contributed by atoms with E-state index in [-0.39, 0.29) is 23.3 Å². The van der Waals surface area contributed by atoms with Gasteiger partial charge in [0.2, 0.25) is 0 Å². The molecule has 39 heavy (non-hydrogen) atoms. The fourth-order valence-corrected chi connectivity index (χ4v) is 5.76. The maximum Gasteiger partial charge on any atom is 0.257 e. The lowest BCUT2D eigenvalue weighted by Gasteiger charge is -2.32. The molecule has 1 aromatic carbocycles. The van der Waals surface area contributed by atoms with Crippen LogP contribution in [0.2, 0.25) is 0 Å². The van der Waals surface area contributed by atoms with Crippen molar-refractivity contribution in [2.24, 2.45) is 11.7 Å². The van der Waals surface area contributed by atoms with E-state index in [1.807, 2.05) is 46.9 Å². The van der Waals surface area contributed by atoms with Gasteiger partial charge in [0.15, 0.2) is 0 Å². The monoisotopic (exact) mass is 523 g/mol. The highest BCUT2D eigenvalue weighted by Gasteiger charge is 2.28. The summed E-state index contributed by atoms with van der Waals surface area (Å²) >= 11 is 0. The molecule has 0 saturated heterocycles. The largest absolute Gasteiger partial charge is 0.342 e. The van der Waals surface area contributed by atoms with Crippen molar-refractivity contribution in [2.45, 2.75) is 38.1 Å². The summed E-state index contributed by atoms with van der Waals surface area (Å²) in [5.41, 5.74) is 11.0. The number of nitrogens with zero attached hydrogens (tertiary/aromatic N) is 5. The standard InChI is InChI=1S/C30H30FN7O/c1-18-11-19(13-20(32)12-18)23-7-8-33-16-27(23)36-30(39)24-4-5-26(31)25-14-22(15-35-29(24)25)37(2)21-3-6-28-34-9-10-38(28)17-21/h3-10,14-20H,11-13,32H2,1-2H3,(H,36,39)/t18-,19+,20-/m0/s1. The number of nitrogens with one attached hydrogen (secondary N) is 1. The second kappa shape index (κ2) is 10.1. The van der Waals surface area contributed by atoms with Crippen LogP contribution in [0.25, 0.3) is 16.6 Å². The van der Waals surface area contributed by atoms with Crippen LogP contribution in [-0.4, -0.2) is 38.3 Å². The molecule has 4 heterocycles. The van der Waals surface area contributed by atoms with Crippen LogP contribution >= 0.6 is 0 Å². The molecular weight excluding hydrogens is 493 g/mol. The average molecular weight is 524 g/mol. The van der Waals surface area contributed by atoms with Crippen molar-refractivity contribution in [1.29, 1.82) is 0 Å². The number of carbonyl (C=O) groups is 1. The van der Waals surface area contributed by atoms with Gasteiger partial charge in [-0.25, -0.2) is 9.37 Å². The van der Waals surface area contributed by atoms with Gasteiger partial charge in [-0.1, -0.05) is 6.92 Å². The second-order valence-corrected chi connectivity index (χ2v) is 10.5. The van der Waals surface area contributed by atoms with E-state index in [1.54, 1.807) is 30.9 Å². The first-order valence-electron chi connectivity index (χ1n) is 13.1. The lowest BCUT2D eigenvalue weighted by Crippen LogP contribution is -2.31. The fraction of sp³-hybridized carbons (Fsp3) is 0.267. The molecule has 0 aliphatic heterocycles. The molecule has 3 N–H and O–H groups in total. The topological polar surface area (TPSA) is 101 Å². The molecule has 5 aromatic rings. The lowest BCUT2D eigenvalue weighted by molar-refractivity contribution is 0.102. The van der Waals surface area contributed by atoms with Gasteiger partial charge >= 0.3 is 0 Å². The second-order valence-electron chi connectivity index (χ2n) is 10.5. The highest BCUT2D eigenvalue weighted by molar-refractivity contribution is 6.12. The Kier molecular flexibility index (Phi) is 6.44. The molecule has 0 unspecified atom stereocenters. The first-order chi connectivity index (χ1) is 18.9. The summed E-state index contributed by atoms with van der Waals surface area (Å²) in [6, 6.07) is 10.4. The van der Waals surface area contributed by atoms with Crippen LogP contribution < -0.4 is 16.0 Å². The number of hydrogen-bond donors (Lipinski definition) is 2. The van der Waals surface area contributed by atoms with Gasteiger partial charge in [-0.05, 0) is 73.1 Å². The Morgan fingerprint density at radius 3 is 2.79 bits per heavy atom. The number of imidazole rings is 1. The Morgan fingerprint density at radius 1 is 1.08 bits per heavy atom. The Labute approximate surface area is 225 Å². The normalized spacial score (nSPS) is 19.3. The van der Waals surface area contributed by atoms with E-state index in [1.165, 1.54) is 12.1 Å². The lowest BCUT2D eigenvalue weighted by atomic mass is 9.76. The molecule has 9 heteroatoms. The van der Waals surface area contributed by atoms with Crippen molar-refractivity contribution in [3.63, 3.8) is 0 Å². The minimum atomic E-state index is -0.443. The minimum absolute atomic E-state index is 0.134. The average Bonchev–Trinajstić information content (AvgIpc) is 3.40. The molecule has 1 fully saturated rings. The zero-order valence-electron chi connectivity index (χ0n) is 21.9. The summed E-state index contributed by atoms with van der Waals surface area (Å²) < 4.78 is 16.9. The van der Waals surface area contributed by atoms with Crippen molar-refractivity contribution < 1.29 is 9.18 Å². The highest BCUT2D eigenvalue weighted by atomic mass is 19.1. The number of fused-ring (bicyclic) bond motifs is 2. The summed E-state index contributed by atoms with van der Waals surface area (Å²) in [6.45, 7) is 2.21. The molecule has 0 bridgehead atoms. The summed E-state index contributed by atoms with van der Waals surface area (Å²) in [7, 11) is 1.89. The minimum Gasteiger partial charge on any atom is -0.342 e. The van der Waals surface area contributed by atoms with Crippen molar-refractivity contribution in [1.82, 2.24) is 19.4 Å². The van der Waals surface area contributed by atoms with Crippen LogP contribution in [-0.2, 0) is 0 Å². The zero-order chi connectivity index (χ0) is 27.1. The maximum absolute atomic E-state index is 15.0.